The van der Waals surface area contributed by atoms with E-state index in [1.807, 2.05) is 12.1 Å². The minimum absolute atomic E-state index is 0.130. The molecule has 0 aliphatic carbocycles. The third kappa shape index (κ3) is 3.84. The van der Waals surface area contributed by atoms with Gasteiger partial charge in [-0.15, -0.1) is 0 Å². The van der Waals surface area contributed by atoms with Crippen molar-refractivity contribution in [2.45, 2.75) is 45.1 Å². The van der Waals surface area contributed by atoms with Crippen LogP contribution in [0.1, 0.15) is 37.1 Å². The average Bonchev–Trinajstić information content (AvgIpc) is 3.37. The third-order valence-corrected chi connectivity index (χ3v) is 5.57. The first kappa shape index (κ1) is 18.5. The number of aromatic nitrogens is 2. The maximum Gasteiger partial charge on any atom is 0.132 e. The summed E-state index contributed by atoms with van der Waals surface area (Å²) in [6.45, 7) is 7.94. The van der Waals surface area contributed by atoms with Crippen molar-refractivity contribution in [1.29, 1.82) is 0 Å². The molecule has 2 saturated heterocycles. The van der Waals surface area contributed by atoms with E-state index < -0.39 is 0 Å². The van der Waals surface area contributed by atoms with Gasteiger partial charge in [-0.05, 0) is 31.5 Å². The molecule has 7 nitrogen and oxygen atoms in total. The van der Waals surface area contributed by atoms with E-state index in [4.69, 9.17) is 19.2 Å². The number of aliphatic imine (C=N–C) groups is 1. The molecule has 29 heavy (non-hydrogen) atoms. The molecule has 2 aromatic rings. The maximum atomic E-state index is 6.09. The summed E-state index contributed by atoms with van der Waals surface area (Å²) >= 11 is 0. The van der Waals surface area contributed by atoms with Gasteiger partial charge >= 0.3 is 0 Å². The third-order valence-electron chi connectivity index (χ3n) is 5.57. The van der Waals surface area contributed by atoms with E-state index in [1.165, 1.54) is 5.56 Å². The normalized spacial score (nSPS) is 26.3. The predicted molar refractivity (Wildman–Crippen MR) is 110 cm³/mol. The van der Waals surface area contributed by atoms with Crippen LogP contribution in [-0.2, 0) is 16.0 Å². The lowest BCUT2D eigenvalue weighted by molar-refractivity contribution is -0.00546. The van der Waals surface area contributed by atoms with Crippen LogP contribution in [0.5, 0.6) is 5.75 Å². The van der Waals surface area contributed by atoms with Crippen molar-refractivity contribution < 1.29 is 14.2 Å². The molecule has 5 rings (SSSR count). The molecule has 7 heteroatoms. The highest BCUT2D eigenvalue weighted by Crippen LogP contribution is 2.29. The second kappa shape index (κ2) is 7.72. The van der Waals surface area contributed by atoms with Gasteiger partial charge in [0.05, 0.1) is 43.4 Å². The highest BCUT2D eigenvalue weighted by atomic mass is 16.5. The summed E-state index contributed by atoms with van der Waals surface area (Å²) in [7, 11) is 0. The molecule has 0 saturated carbocycles. The van der Waals surface area contributed by atoms with Crippen molar-refractivity contribution in [3.05, 3.63) is 47.4 Å². The van der Waals surface area contributed by atoms with Crippen molar-refractivity contribution in [3.63, 3.8) is 0 Å². The second-order valence-electron chi connectivity index (χ2n) is 8.01. The summed E-state index contributed by atoms with van der Waals surface area (Å²) in [6.07, 6.45) is 3.06. The standard InChI is InChI=1S/C22H26N4O3/c1-14-10-26(11-15(2)28-14)21-8-20(24-13-25-21)22-19-7-17(4-3-16(19)9-23-22)29-18-5-6-27-12-18/h3-4,7-8,13-15,18H,5-6,9-12H2,1-2H3/t14-,15+,18-/m1/s1. The summed E-state index contributed by atoms with van der Waals surface area (Å²) in [5.74, 6) is 1.78. The highest BCUT2D eigenvalue weighted by molar-refractivity contribution is 6.14. The Bertz CT molecular complexity index is 916. The molecule has 3 aliphatic heterocycles. The van der Waals surface area contributed by atoms with E-state index in [9.17, 15) is 0 Å². The number of fused-ring (bicyclic) bond motifs is 1. The fourth-order valence-corrected chi connectivity index (χ4v) is 4.27. The van der Waals surface area contributed by atoms with E-state index >= 15 is 0 Å². The highest BCUT2D eigenvalue weighted by Gasteiger charge is 2.26. The van der Waals surface area contributed by atoms with Crippen LogP contribution in [0, 0.1) is 0 Å². The number of anilines is 1. The van der Waals surface area contributed by atoms with Gasteiger partial charge in [0.2, 0.25) is 0 Å². The van der Waals surface area contributed by atoms with Crippen LogP contribution in [0.25, 0.3) is 0 Å². The molecule has 2 fully saturated rings. The van der Waals surface area contributed by atoms with Crippen molar-refractivity contribution >= 4 is 11.5 Å². The topological polar surface area (TPSA) is 69.1 Å². The maximum absolute atomic E-state index is 6.09. The van der Waals surface area contributed by atoms with Crippen LogP contribution < -0.4 is 9.64 Å². The predicted octanol–water partition coefficient (Wildman–Crippen LogP) is 2.61. The smallest absolute Gasteiger partial charge is 0.132 e. The van der Waals surface area contributed by atoms with Crippen LogP contribution >= 0.6 is 0 Å². The van der Waals surface area contributed by atoms with Gasteiger partial charge in [-0.1, -0.05) is 6.07 Å². The molecule has 3 atom stereocenters. The van der Waals surface area contributed by atoms with Gasteiger partial charge in [-0.3, -0.25) is 4.99 Å². The van der Waals surface area contributed by atoms with Crippen molar-refractivity contribution in [2.24, 2.45) is 4.99 Å². The lowest BCUT2D eigenvalue weighted by Crippen LogP contribution is -2.45. The Balaban J connectivity index is 1.40. The molecular formula is C22H26N4O3. The van der Waals surface area contributed by atoms with E-state index in [0.717, 1.165) is 54.7 Å². The lowest BCUT2D eigenvalue weighted by Gasteiger charge is -2.36. The SMILES string of the molecule is C[C@@H]1CN(c2cc(C3=NCc4ccc(O[C@@H]5CCOC5)cc43)ncn2)C[C@H](C)O1. The molecule has 0 unspecified atom stereocenters. The number of hydrogen-bond acceptors (Lipinski definition) is 7. The van der Waals surface area contributed by atoms with Gasteiger partial charge < -0.3 is 19.1 Å². The Morgan fingerprint density at radius 2 is 1.97 bits per heavy atom. The van der Waals surface area contributed by atoms with Crippen LogP contribution in [0.15, 0.2) is 35.6 Å². The Morgan fingerprint density at radius 1 is 1.10 bits per heavy atom. The van der Waals surface area contributed by atoms with Crippen LogP contribution in [0.3, 0.4) is 0 Å². The van der Waals surface area contributed by atoms with Crippen molar-refractivity contribution in [1.82, 2.24) is 9.97 Å². The van der Waals surface area contributed by atoms with Gasteiger partial charge in [0.25, 0.3) is 0 Å². The first-order valence-electron chi connectivity index (χ1n) is 10.3. The van der Waals surface area contributed by atoms with Crippen LogP contribution in [0.2, 0.25) is 0 Å². The summed E-state index contributed by atoms with van der Waals surface area (Å²) in [4.78, 5) is 16.1. The minimum atomic E-state index is 0.130. The molecule has 0 N–H and O–H groups in total. The molecule has 3 aliphatic rings. The fraction of sp³-hybridized carbons (Fsp3) is 0.500. The number of nitrogens with zero attached hydrogens (tertiary/aromatic N) is 4. The molecule has 0 bridgehead atoms. The van der Waals surface area contributed by atoms with E-state index in [1.54, 1.807) is 6.33 Å². The van der Waals surface area contributed by atoms with Gasteiger partial charge in [-0.25, -0.2) is 9.97 Å². The molecule has 1 aromatic heterocycles. The van der Waals surface area contributed by atoms with Crippen LogP contribution in [0.4, 0.5) is 5.82 Å². The van der Waals surface area contributed by atoms with Gasteiger partial charge in [0.1, 0.15) is 24.0 Å². The Labute approximate surface area is 170 Å². The Morgan fingerprint density at radius 3 is 2.76 bits per heavy atom. The molecule has 0 spiro atoms. The van der Waals surface area contributed by atoms with Gasteiger partial charge in [0, 0.05) is 31.1 Å². The van der Waals surface area contributed by atoms with Crippen molar-refractivity contribution in [2.75, 3.05) is 31.2 Å². The van der Waals surface area contributed by atoms with E-state index in [0.29, 0.717) is 13.2 Å². The zero-order valence-electron chi connectivity index (χ0n) is 16.9. The molecule has 152 valence electrons. The Kier molecular flexibility index (Phi) is 4.93. The largest absolute Gasteiger partial charge is 0.488 e. The van der Waals surface area contributed by atoms with Gasteiger partial charge in [0.15, 0.2) is 0 Å². The fourth-order valence-electron chi connectivity index (χ4n) is 4.27. The summed E-state index contributed by atoms with van der Waals surface area (Å²) in [6, 6.07) is 8.25. The molecule has 0 radical (unpaired) electrons. The van der Waals surface area contributed by atoms with Crippen LogP contribution in [-0.4, -0.2) is 60.3 Å². The number of morpholine rings is 1. The van der Waals surface area contributed by atoms with E-state index in [2.05, 4.69) is 40.8 Å². The number of rotatable bonds is 4. The summed E-state index contributed by atoms with van der Waals surface area (Å²) < 4.78 is 17.4. The molecule has 4 heterocycles. The van der Waals surface area contributed by atoms with Crippen molar-refractivity contribution in [3.8, 4) is 5.75 Å². The van der Waals surface area contributed by atoms with Gasteiger partial charge in [-0.2, -0.15) is 0 Å². The first-order valence-corrected chi connectivity index (χ1v) is 10.3. The van der Waals surface area contributed by atoms with E-state index in [-0.39, 0.29) is 18.3 Å². The minimum Gasteiger partial charge on any atom is -0.488 e. The molecule has 1 aromatic carbocycles. The lowest BCUT2D eigenvalue weighted by atomic mass is 10.0. The molecule has 0 amide bonds. The zero-order chi connectivity index (χ0) is 19.8. The average molecular weight is 394 g/mol. The monoisotopic (exact) mass is 394 g/mol. The second-order valence-corrected chi connectivity index (χ2v) is 8.01. The number of hydrogen-bond donors (Lipinski definition) is 0. The quantitative estimate of drug-likeness (QED) is 0.794. The molecular weight excluding hydrogens is 368 g/mol. The zero-order valence-corrected chi connectivity index (χ0v) is 16.9. The summed E-state index contributed by atoms with van der Waals surface area (Å²) in [5, 5.41) is 0. The number of ether oxygens (including phenoxy) is 3. The first-order chi connectivity index (χ1) is 14.2. The Hall–Kier alpha value is -2.51. The number of benzene rings is 1. The summed E-state index contributed by atoms with van der Waals surface area (Å²) in [5.41, 5.74) is 4.05.